The lowest BCUT2D eigenvalue weighted by Gasteiger charge is -2.21. The molecule has 0 amide bonds. The molecule has 3 N–H and O–H groups in total. The number of nitrogens with two attached hydrogens (primary N) is 1. The molecule has 0 spiro atoms. The maximum Gasteiger partial charge on any atom is 0.340 e. The van der Waals surface area contributed by atoms with Gasteiger partial charge in [0.1, 0.15) is 0 Å². The van der Waals surface area contributed by atoms with Gasteiger partial charge in [-0.3, -0.25) is 0 Å². The summed E-state index contributed by atoms with van der Waals surface area (Å²) in [6.07, 6.45) is 1.84. The first-order valence-electron chi connectivity index (χ1n) is 7.08. The number of nitrogen functional groups attached to an aromatic ring is 1. The minimum absolute atomic E-state index is 0.213. The van der Waals surface area contributed by atoms with E-state index in [0.29, 0.717) is 23.8 Å². The third-order valence-corrected chi connectivity index (χ3v) is 3.68. The Morgan fingerprint density at radius 1 is 1.55 bits per heavy atom. The lowest BCUT2D eigenvalue weighted by molar-refractivity contribution is 0.0527. The van der Waals surface area contributed by atoms with Crippen LogP contribution < -0.4 is 10.6 Å². The van der Waals surface area contributed by atoms with Gasteiger partial charge in [0.15, 0.2) is 0 Å². The Hall–Kier alpha value is -1.75. The lowest BCUT2D eigenvalue weighted by Crippen LogP contribution is -2.23. The molecule has 1 aromatic carbocycles. The van der Waals surface area contributed by atoms with Crippen LogP contribution in [0.4, 0.5) is 11.4 Å². The van der Waals surface area contributed by atoms with Crippen molar-refractivity contribution in [1.29, 1.82) is 0 Å². The number of aliphatic hydroxyl groups is 1. The SMILES string of the molecule is CCOC(=O)c1cc(N)ccc1N1CCC(CCO)C1. The summed E-state index contributed by atoms with van der Waals surface area (Å²) in [5.74, 6) is 0.146. The Bertz CT molecular complexity index is 476. The van der Waals surface area contributed by atoms with Gasteiger partial charge < -0.3 is 20.5 Å². The van der Waals surface area contributed by atoms with Crippen LogP contribution in [0, 0.1) is 5.92 Å². The fourth-order valence-corrected chi connectivity index (χ4v) is 2.67. The summed E-state index contributed by atoms with van der Waals surface area (Å²) >= 11 is 0. The first-order chi connectivity index (χ1) is 9.65. The Labute approximate surface area is 119 Å². The molecular formula is C15H22N2O3. The first kappa shape index (κ1) is 14.7. The van der Waals surface area contributed by atoms with Gasteiger partial charge in [-0.15, -0.1) is 0 Å². The highest BCUT2D eigenvalue weighted by molar-refractivity contribution is 5.97. The number of nitrogens with zero attached hydrogens (tertiary/aromatic N) is 1. The second-order valence-electron chi connectivity index (χ2n) is 5.11. The maximum absolute atomic E-state index is 12.0. The van der Waals surface area contributed by atoms with Crippen molar-refractivity contribution in [1.82, 2.24) is 0 Å². The largest absolute Gasteiger partial charge is 0.462 e. The third kappa shape index (κ3) is 3.22. The van der Waals surface area contributed by atoms with Crippen LogP contribution in [0.5, 0.6) is 0 Å². The zero-order chi connectivity index (χ0) is 14.5. The number of carbonyl (C=O) groups excluding carboxylic acids is 1. The Morgan fingerprint density at radius 3 is 3.05 bits per heavy atom. The molecule has 5 nitrogen and oxygen atoms in total. The van der Waals surface area contributed by atoms with Gasteiger partial charge in [-0.1, -0.05) is 0 Å². The highest BCUT2D eigenvalue weighted by Crippen LogP contribution is 2.30. The molecule has 0 radical (unpaired) electrons. The van der Waals surface area contributed by atoms with Crippen LogP contribution in [-0.4, -0.2) is 37.4 Å². The molecule has 1 fully saturated rings. The van der Waals surface area contributed by atoms with Gasteiger partial charge in [-0.25, -0.2) is 4.79 Å². The van der Waals surface area contributed by atoms with Crippen LogP contribution in [0.15, 0.2) is 18.2 Å². The van der Waals surface area contributed by atoms with Gasteiger partial charge in [0.2, 0.25) is 0 Å². The van der Waals surface area contributed by atoms with E-state index in [1.807, 2.05) is 6.07 Å². The van der Waals surface area contributed by atoms with Gasteiger partial charge in [0, 0.05) is 25.4 Å². The molecule has 1 aromatic rings. The smallest absolute Gasteiger partial charge is 0.340 e. The molecule has 0 aromatic heterocycles. The fraction of sp³-hybridized carbons (Fsp3) is 0.533. The standard InChI is InChI=1S/C15H22N2O3/c1-2-20-15(19)13-9-12(16)3-4-14(13)17-7-5-11(10-17)6-8-18/h3-4,9,11,18H,2,5-8,10,16H2,1H3. The number of hydrogen-bond donors (Lipinski definition) is 2. The van der Waals surface area contributed by atoms with Crippen molar-refractivity contribution in [3.05, 3.63) is 23.8 Å². The quantitative estimate of drug-likeness (QED) is 0.633. The highest BCUT2D eigenvalue weighted by Gasteiger charge is 2.25. The van der Waals surface area contributed by atoms with Crippen molar-refractivity contribution in [2.24, 2.45) is 5.92 Å². The third-order valence-electron chi connectivity index (χ3n) is 3.68. The number of esters is 1. The van der Waals surface area contributed by atoms with Crippen LogP contribution in [0.1, 0.15) is 30.1 Å². The molecule has 1 saturated heterocycles. The molecule has 0 saturated carbocycles. The monoisotopic (exact) mass is 278 g/mol. The number of carbonyl (C=O) groups is 1. The average Bonchev–Trinajstić information content (AvgIpc) is 2.88. The van der Waals surface area contributed by atoms with E-state index >= 15 is 0 Å². The van der Waals surface area contributed by atoms with Crippen molar-refractivity contribution < 1.29 is 14.6 Å². The summed E-state index contributed by atoms with van der Waals surface area (Å²) in [4.78, 5) is 14.2. The van der Waals surface area contributed by atoms with Gasteiger partial charge >= 0.3 is 5.97 Å². The second-order valence-corrected chi connectivity index (χ2v) is 5.11. The summed E-state index contributed by atoms with van der Waals surface area (Å²) in [6, 6.07) is 5.35. The molecule has 2 rings (SSSR count). The van der Waals surface area contributed by atoms with Gasteiger partial charge in [-0.2, -0.15) is 0 Å². The maximum atomic E-state index is 12.0. The minimum Gasteiger partial charge on any atom is -0.462 e. The van der Waals surface area contributed by atoms with Gasteiger partial charge in [0.25, 0.3) is 0 Å². The van der Waals surface area contributed by atoms with E-state index in [2.05, 4.69) is 4.90 Å². The zero-order valence-corrected chi connectivity index (χ0v) is 11.8. The van der Waals surface area contributed by atoms with Gasteiger partial charge in [-0.05, 0) is 43.9 Å². The van der Waals surface area contributed by atoms with Gasteiger partial charge in [0.05, 0.1) is 17.9 Å². The highest BCUT2D eigenvalue weighted by atomic mass is 16.5. The van der Waals surface area contributed by atoms with Crippen LogP contribution in [0.2, 0.25) is 0 Å². The topological polar surface area (TPSA) is 75.8 Å². The molecule has 5 heteroatoms. The predicted octanol–water partition coefficient (Wildman–Crippen LogP) is 1.65. The van der Waals surface area contributed by atoms with Crippen LogP contribution in [0.3, 0.4) is 0 Å². The molecule has 1 heterocycles. The number of hydrogen-bond acceptors (Lipinski definition) is 5. The van der Waals surface area contributed by atoms with Crippen LogP contribution in [-0.2, 0) is 4.74 Å². The van der Waals surface area contributed by atoms with Crippen molar-refractivity contribution in [2.45, 2.75) is 19.8 Å². The molecule has 110 valence electrons. The van der Waals surface area contributed by atoms with Crippen LogP contribution >= 0.6 is 0 Å². The average molecular weight is 278 g/mol. The van der Waals surface area contributed by atoms with E-state index in [1.165, 1.54) is 0 Å². The molecule has 0 bridgehead atoms. The number of ether oxygens (including phenoxy) is 1. The molecule has 1 unspecified atom stereocenters. The predicted molar refractivity (Wildman–Crippen MR) is 78.8 cm³/mol. The zero-order valence-electron chi connectivity index (χ0n) is 11.8. The molecule has 1 atom stereocenters. The summed E-state index contributed by atoms with van der Waals surface area (Å²) in [7, 11) is 0. The van der Waals surface area contributed by atoms with Crippen molar-refractivity contribution in [3.8, 4) is 0 Å². The van der Waals surface area contributed by atoms with E-state index in [9.17, 15) is 4.79 Å². The Balaban J connectivity index is 2.21. The second kappa shape index (κ2) is 6.61. The Morgan fingerprint density at radius 2 is 2.35 bits per heavy atom. The summed E-state index contributed by atoms with van der Waals surface area (Å²) in [6.45, 7) is 4.10. The van der Waals surface area contributed by atoms with E-state index in [-0.39, 0.29) is 12.6 Å². The molecule has 0 aliphatic carbocycles. The fourth-order valence-electron chi connectivity index (χ4n) is 2.67. The van der Waals surface area contributed by atoms with E-state index in [1.54, 1.807) is 19.1 Å². The number of aliphatic hydroxyl groups excluding tert-OH is 1. The van der Waals surface area contributed by atoms with Crippen molar-refractivity contribution in [3.63, 3.8) is 0 Å². The molecule has 1 aliphatic rings. The first-order valence-corrected chi connectivity index (χ1v) is 7.08. The van der Waals surface area contributed by atoms with E-state index < -0.39 is 0 Å². The summed E-state index contributed by atoms with van der Waals surface area (Å²) in [5.41, 5.74) is 7.73. The molecule has 1 aliphatic heterocycles. The minimum atomic E-state index is -0.333. The molecule has 20 heavy (non-hydrogen) atoms. The normalized spacial score (nSPS) is 18.3. The number of anilines is 2. The van der Waals surface area contributed by atoms with Crippen molar-refractivity contribution >= 4 is 17.3 Å². The summed E-state index contributed by atoms with van der Waals surface area (Å²) in [5, 5.41) is 9.02. The van der Waals surface area contributed by atoms with E-state index in [0.717, 1.165) is 31.6 Å². The lowest BCUT2D eigenvalue weighted by atomic mass is 10.1. The number of rotatable bonds is 5. The molecular weight excluding hydrogens is 256 g/mol. The van der Waals surface area contributed by atoms with Crippen LogP contribution in [0.25, 0.3) is 0 Å². The van der Waals surface area contributed by atoms with Crippen molar-refractivity contribution in [2.75, 3.05) is 36.9 Å². The van der Waals surface area contributed by atoms with E-state index in [4.69, 9.17) is 15.6 Å². The number of benzene rings is 1. The summed E-state index contributed by atoms with van der Waals surface area (Å²) < 4.78 is 5.10. The Kier molecular flexibility index (Phi) is 4.84.